The summed E-state index contributed by atoms with van der Waals surface area (Å²) in [5, 5.41) is 13.9. The molecule has 0 radical (unpaired) electrons. The van der Waals surface area contributed by atoms with E-state index in [1.807, 2.05) is 0 Å². The number of amides is 1. The molecule has 1 aromatic carbocycles. The Hall–Kier alpha value is -4.08. The third-order valence-electron chi connectivity index (χ3n) is 4.87. The standard InChI is InChI=1S/C20H16FN7O2/c21-15-3-4-17-13(5-7-30-17)14(15)9-23-20-24-10-16(18-27-25-11-28(18)20)26-19(29)12-2-1-6-22-8-12/h1-4,6,8,10-11H,5,7,9H2,(H,23,24)(H,26,29). The summed E-state index contributed by atoms with van der Waals surface area (Å²) in [5.41, 5.74) is 2.62. The summed E-state index contributed by atoms with van der Waals surface area (Å²) < 4.78 is 21.5. The third-order valence-corrected chi connectivity index (χ3v) is 4.87. The second kappa shape index (κ2) is 7.39. The van der Waals surface area contributed by atoms with Crippen LogP contribution in [0.2, 0.25) is 0 Å². The average Bonchev–Trinajstić information content (AvgIpc) is 3.45. The van der Waals surface area contributed by atoms with Crippen LogP contribution in [0, 0.1) is 5.82 Å². The quantitative estimate of drug-likeness (QED) is 0.525. The first-order valence-electron chi connectivity index (χ1n) is 9.28. The first kappa shape index (κ1) is 18.0. The van der Waals surface area contributed by atoms with Crippen LogP contribution in [0.1, 0.15) is 21.5 Å². The number of aromatic nitrogens is 5. The lowest BCUT2D eigenvalue weighted by molar-refractivity contribution is 0.102. The van der Waals surface area contributed by atoms with Crippen LogP contribution in [0.5, 0.6) is 5.75 Å². The number of anilines is 2. The Labute approximate surface area is 170 Å². The van der Waals surface area contributed by atoms with Gasteiger partial charge < -0.3 is 15.4 Å². The summed E-state index contributed by atoms with van der Waals surface area (Å²) in [4.78, 5) is 20.7. The average molecular weight is 405 g/mol. The van der Waals surface area contributed by atoms with Gasteiger partial charge in [-0.2, -0.15) is 0 Å². The van der Waals surface area contributed by atoms with Crippen molar-refractivity contribution in [3.8, 4) is 5.75 Å². The molecule has 3 aromatic heterocycles. The normalized spacial score (nSPS) is 12.4. The molecule has 150 valence electrons. The van der Waals surface area contributed by atoms with Gasteiger partial charge in [0.05, 0.1) is 18.4 Å². The fourth-order valence-corrected chi connectivity index (χ4v) is 3.40. The Bertz CT molecular complexity index is 1240. The molecular weight excluding hydrogens is 389 g/mol. The van der Waals surface area contributed by atoms with Gasteiger partial charge in [-0.1, -0.05) is 0 Å². The van der Waals surface area contributed by atoms with Crippen LogP contribution >= 0.6 is 0 Å². The van der Waals surface area contributed by atoms with Crippen molar-refractivity contribution in [1.29, 1.82) is 0 Å². The SMILES string of the molecule is O=C(Nc1cnc(NCc2c(F)ccc3c2CCO3)n2cnnc12)c1cccnc1. The van der Waals surface area contributed by atoms with Crippen LogP contribution in [0.15, 0.2) is 49.2 Å². The number of benzene rings is 1. The van der Waals surface area contributed by atoms with Gasteiger partial charge in [-0.25, -0.2) is 13.8 Å². The zero-order valence-corrected chi connectivity index (χ0v) is 15.7. The number of pyridine rings is 1. The van der Waals surface area contributed by atoms with Crippen LogP contribution in [0.25, 0.3) is 5.65 Å². The maximum atomic E-state index is 14.4. The van der Waals surface area contributed by atoms with E-state index in [4.69, 9.17) is 4.74 Å². The maximum Gasteiger partial charge on any atom is 0.257 e. The van der Waals surface area contributed by atoms with Crippen LogP contribution in [-0.4, -0.2) is 37.1 Å². The Morgan fingerprint density at radius 2 is 2.20 bits per heavy atom. The predicted octanol–water partition coefficient (Wildman–Crippen LogP) is 2.46. The molecule has 5 rings (SSSR count). The van der Waals surface area contributed by atoms with E-state index < -0.39 is 0 Å². The van der Waals surface area contributed by atoms with Crippen molar-refractivity contribution in [2.45, 2.75) is 13.0 Å². The smallest absolute Gasteiger partial charge is 0.257 e. The number of hydrogen-bond acceptors (Lipinski definition) is 7. The first-order valence-corrected chi connectivity index (χ1v) is 9.28. The number of nitrogens with zero attached hydrogens (tertiary/aromatic N) is 5. The number of nitrogens with one attached hydrogen (secondary N) is 2. The third kappa shape index (κ3) is 3.17. The van der Waals surface area contributed by atoms with Gasteiger partial charge >= 0.3 is 0 Å². The lowest BCUT2D eigenvalue weighted by Crippen LogP contribution is -2.15. The fourth-order valence-electron chi connectivity index (χ4n) is 3.40. The number of rotatable bonds is 5. The molecule has 0 saturated heterocycles. The number of fused-ring (bicyclic) bond motifs is 2. The molecule has 0 fully saturated rings. The van der Waals surface area contributed by atoms with Gasteiger partial charge in [-0.3, -0.25) is 9.78 Å². The lowest BCUT2D eigenvalue weighted by atomic mass is 10.0. The summed E-state index contributed by atoms with van der Waals surface area (Å²) >= 11 is 0. The number of halogens is 1. The first-order chi connectivity index (χ1) is 14.7. The van der Waals surface area contributed by atoms with Crippen molar-refractivity contribution in [2.24, 2.45) is 0 Å². The van der Waals surface area contributed by atoms with Crippen LogP contribution in [-0.2, 0) is 13.0 Å². The minimum Gasteiger partial charge on any atom is -0.493 e. The molecule has 0 atom stereocenters. The van der Waals surface area contributed by atoms with Gasteiger partial charge in [0.1, 0.15) is 23.6 Å². The fraction of sp³-hybridized carbons (Fsp3) is 0.150. The van der Waals surface area contributed by atoms with E-state index in [1.54, 1.807) is 28.8 Å². The van der Waals surface area contributed by atoms with E-state index in [-0.39, 0.29) is 18.3 Å². The summed E-state index contributed by atoms with van der Waals surface area (Å²) in [7, 11) is 0. The number of ether oxygens (including phenoxy) is 1. The Morgan fingerprint density at radius 1 is 1.27 bits per heavy atom. The molecule has 1 aliphatic rings. The van der Waals surface area contributed by atoms with Crippen molar-refractivity contribution < 1.29 is 13.9 Å². The molecule has 1 amide bonds. The van der Waals surface area contributed by atoms with E-state index in [0.29, 0.717) is 47.2 Å². The van der Waals surface area contributed by atoms with Crippen molar-refractivity contribution in [2.75, 3.05) is 17.2 Å². The Balaban J connectivity index is 1.40. The van der Waals surface area contributed by atoms with E-state index in [0.717, 1.165) is 5.56 Å². The minimum absolute atomic E-state index is 0.222. The predicted molar refractivity (Wildman–Crippen MR) is 106 cm³/mol. The monoisotopic (exact) mass is 405 g/mol. The molecule has 4 heterocycles. The summed E-state index contributed by atoms with van der Waals surface area (Å²) in [6.07, 6.45) is 6.68. The highest BCUT2D eigenvalue weighted by molar-refractivity contribution is 6.05. The number of carbonyl (C=O) groups is 1. The second-order valence-corrected chi connectivity index (χ2v) is 6.67. The molecule has 0 spiro atoms. The van der Waals surface area contributed by atoms with Gasteiger partial charge in [0, 0.05) is 36.5 Å². The Kier molecular flexibility index (Phi) is 4.43. The van der Waals surface area contributed by atoms with Crippen molar-refractivity contribution in [3.63, 3.8) is 0 Å². The van der Waals surface area contributed by atoms with Crippen molar-refractivity contribution in [1.82, 2.24) is 24.6 Å². The van der Waals surface area contributed by atoms with Gasteiger partial charge in [-0.15, -0.1) is 10.2 Å². The van der Waals surface area contributed by atoms with Gasteiger partial charge in [0.15, 0.2) is 5.65 Å². The largest absolute Gasteiger partial charge is 0.493 e. The zero-order valence-electron chi connectivity index (χ0n) is 15.7. The van der Waals surface area contributed by atoms with Crippen molar-refractivity contribution >= 4 is 23.2 Å². The highest BCUT2D eigenvalue weighted by Gasteiger charge is 2.20. The maximum absolute atomic E-state index is 14.4. The van der Waals surface area contributed by atoms with E-state index in [2.05, 4.69) is 30.8 Å². The number of hydrogen-bond donors (Lipinski definition) is 2. The van der Waals surface area contributed by atoms with E-state index in [1.165, 1.54) is 24.8 Å². The molecule has 0 unspecified atom stereocenters. The lowest BCUT2D eigenvalue weighted by Gasteiger charge is -2.13. The van der Waals surface area contributed by atoms with Crippen LogP contribution < -0.4 is 15.4 Å². The summed E-state index contributed by atoms with van der Waals surface area (Å²) in [6.45, 7) is 0.769. The van der Waals surface area contributed by atoms with E-state index >= 15 is 0 Å². The minimum atomic E-state index is -0.336. The zero-order chi connectivity index (χ0) is 20.5. The van der Waals surface area contributed by atoms with E-state index in [9.17, 15) is 9.18 Å². The van der Waals surface area contributed by atoms with Crippen molar-refractivity contribution in [3.05, 3.63) is 71.7 Å². The molecule has 10 heteroatoms. The molecule has 2 N–H and O–H groups in total. The van der Waals surface area contributed by atoms with Gasteiger partial charge in [0.25, 0.3) is 5.91 Å². The summed E-state index contributed by atoms with van der Waals surface area (Å²) in [6, 6.07) is 6.39. The molecule has 0 bridgehead atoms. The highest BCUT2D eigenvalue weighted by Crippen LogP contribution is 2.30. The molecule has 1 aliphatic heterocycles. The Morgan fingerprint density at radius 3 is 3.07 bits per heavy atom. The molecule has 30 heavy (non-hydrogen) atoms. The summed E-state index contributed by atoms with van der Waals surface area (Å²) in [5.74, 6) is 0.499. The molecule has 0 saturated carbocycles. The molecule has 9 nitrogen and oxygen atoms in total. The second-order valence-electron chi connectivity index (χ2n) is 6.67. The molecular formula is C20H16FN7O2. The molecule has 4 aromatic rings. The van der Waals surface area contributed by atoms with Gasteiger partial charge in [-0.05, 0) is 24.3 Å². The number of carbonyl (C=O) groups excluding carboxylic acids is 1. The molecule has 0 aliphatic carbocycles. The highest BCUT2D eigenvalue weighted by atomic mass is 19.1. The topological polar surface area (TPSA) is 106 Å². The van der Waals surface area contributed by atoms with Crippen LogP contribution in [0.3, 0.4) is 0 Å². The van der Waals surface area contributed by atoms with Gasteiger partial charge in [0.2, 0.25) is 5.95 Å². The van der Waals surface area contributed by atoms with Crippen LogP contribution in [0.4, 0.5) is 16.0 Å².